The molecule has 0 aromatic carbocycles. The maximum absolute atomic E-state index is 5.12. The van der Waals surface area contributed by atoms with Crippen molar-refractivity contribution in [2.24, 2.45) is 5.92 Å². The molecular formula is C11H23NO. The molecule has 0 aromatic heterocycles. The van der Waals surface area contributed by atoms with Crippen LogP contribution in [0.15, 0.2) is 0 Å². The fourth-order valence-corrected chi connectivity index (χ4v) is 2.40. The Morgan fingerprint density at radius 2 is 2.00 bits per heavy atom. The minimum atomic E-state index is 0.681. The van der Waals surface area contributed by atoms with Crippen LogP contribution in [0.1, 0.15) is 38.5 Å². The molecule has 0 aliphatic heterocycles. The highest BCUT2D eigenvalue weighted by molar-refractivity contribution is 4.77. The van der Waals surface area contributed by atoms with Crippen LogP contribution in [0.3, 0.4) is 0 Å². The smallest absolute Gasteiger partial charge is 0.0477 e. The molecule has 2 nitrogen and oxygen atoms in total. The maximum Gasteiger partial charge on any atom is 0.0477 e. The number of hydrogen-bond acceptors (Lipinski definition) is 2. The molecule has 1 N–H and O–H groups in total. The van der Waals surface area contributed by atoms with E-state index in [4.69, 9.17) is 4.74 Å². The summed E-state index contributed by atoms with van der Waals surface area (Å²) >= 11 is 0. The van der Waals surface area contributed by atoms with Crippen LogP contribution in [0.5, 0.6) is 0 Å². The Morgan fingerprint density at radius 1 is 1.31 bits per heavy atom. The second-order valence-corrected chi connectivity index (χ2v) is 4.07. The molecule has 1 fully saturated rings. The SMILES string of the molecule is CNC(CCOC)C1CCCCC1. The Kier molecular flexibility index (Phi) is 5.40. The molecule has 1 aliphatic carbocycles. The average Bonchev–Trinajstić information content (AvgIpc) is 2.21. The van der Waals surface area contributed by atoms with E-state index >= 15 is 0 Å². The number of ether oxygens (including phenoxy) is 1. The molecular weight excluding hydrogens is 162 g/mol. The van der Waals surface area contributed by atoms with Gasteiger partial charge in [-0.1, -0.05) is 19.3 Å². The summed E-state index contributed by atoms with van der Waals surface area (Å²) in [5.41, 5.74) is 0. The lowest BCUT2D eigenvalue weighted by atomic mass is 9.83. The van der Waals surface area contributed by atoms with Gasteiger partial charge >= 0.3 is 0 Å². The van der Waals surface area contributed by atoms with Crippen molar-refractivity contribution in [1.82, 2.24) is 5.32 Å². The van der Waals surface area contributed by atoms with Crippen molar-refractivity contribution in [1.29, 1.82) is 0 Å². The average molecular weight is 185 g/mol. The molecule has 13 heavy (non-hydrogen) atoms. The molecule has 0 amide bonds. The summed E-state index contributed by atoms with van der Waals surface area (Å²) in [7, 11) is 3.86. The Labute approximate surface area is 82.0 Å². The van der Waals surface area contributed by atoms with Crippen LogP contribution in [-0.2, 0) is 4.74 Å². The van der Waals surface area contributed by atoms with Gasteiger partial charge in [-0.2, -0.15) is 0 Å². The van der Waals surface area contributed by atoms with E-state index in [0.717, 1.165) is 18.9 Å². The van der Waals surface area contributed by atoms with E-state index in [0.29, 0.717) is 6.04 Å². The molecule has 1 aliphatic rings. The molecule has 0 spiro atoms. The fourth-order valence-electron chi connectivity index (χ4n) is 2.40. The van der Waals surface area contributed by atoms with E-state index in [2.05, 4.69) is 12.4 Å². The van der Waals surface area contributed by atoms with Gasteiger partial charge in [0.1, 0.15) is 0 Å². The van der Waals surface area contributed by atoms with E-state index in [9.17, 15) is 0 Å². The second-order valence-electron chi connectivity index (χ2n) is 4.07. The van der Waals surface area contributed by atoms with Crippen LogP contribution >= 0.6 is 0 Å². The van der Waals surface area contributed by atoms with Gasteiger partial charge in [0.05, 0.1) is 0 Å². The van der Waals surface area contributed by atoms with Crippen LogP contribution < -0.4 is 5.32 Å². The third-order valence-corrected chi connectivity index (χ3v) is 3.22. The molecule has 0 heterocycles. The van der Waals surface area contributed by atoms with E-state index < -0.39 is 0 Å². The van der Waals surface area contributed by atoms with Crippen molar-refractivity contribution >= 4 is 0 Å². The summed E-state index contributed by atoms with van der Waals surface area (Å²) < 4.78 is 5.12. The summed E-state index contributed by atoms with van der Waals surface area (Å²) in [5, 5.41) is 3.43. The molecule has 1 rings (SSSR count). The van der Waals surface area contributed by atoms with E-state index in [1.807, 2.05) is 0 Å². The molecule has 0 bridgehead atoms. The Bertz CT molecular complexity index is 121. The first kappa shape index (κ1) is 11.0. The third kappa shape index (κ3) is 3.65. The van der Waals surface area contributed by atoms with Gasteiger partial charge in [0.25, 0.3) is 0 Å². The van der Waals surface area contributed by atoms with Crippen molar-refractivity contribution in [2.75, 3.05) is 20.8 Å². The zero-order valence-corrected chi connectivity index (χ0v) is 9.01. The predicted molar refractivity (Wildman–Crippen MR) is 55.9 cm³/mol. The highest BCUT2D eigenvalue weighted by Crippen LogP contribution is 2.27. The lowest BCUT2D eigenvalue weighted by Gasteiger charge is -2.29. The van der Waals surface area contributed by atoms with Gasteiger partial charge in [-0.05, 0) is 32.2 Å². The Hall–Kier alpha value is -0.0800. The highest BCUT2D eigenvalue weighted by Gasteiger charge is 2.21. The first-order chi connectivity index (χ1) is 6.38. The molecule has 78 valence electrons. The molecule has 1 unspecified atom stereocenters. The molecule has 1 atom stereocenters. The third-order valence-electron chi connectivity index (χ3n) is 3.22. The van der Waals surface area contributed by atoms with Gasteiger partial charge < -0.3 is 10.1 Å². The Balaban J connectivity index is 2.26. The number of hydrogen-bond donors (Lipinski definition) is 1. The zero-order valence-electron chi connectivity index (χ0n) is 9.01. The van der Waals surface area contributed by atoms with Crippen molar-refractivity contribution in [3.05, 3.63) is 0 Å². The van der Waals surface area contributed by atoms with Crippen molar-refractivity contribution < 1.29 is 4.74 Å². The lowest BCUT2D eigenvalue weighted by molar-refractivity contribution is 0.162. The first-order valence-electron chi connectivity index (χ1n) is 5.54. The van der Waals surface area contributed by atoms with Gasteiger partial charge in [-0.3, -0.25) is 0 Å². The lowest BCUT2D eigenvalue weighted by Crippen LogP contribution is -2.35. The van der Waals surface area contributed by atoms with Gasteiger partial charge in [-0.15, -0.1) is 0 Å². The van der Waals surface area contributed by atoms with E-state index in [1.165, 1.54) is 32.1 Å². The van der Waals surface area contributed by atoms with Crippen molar-refractivity contribution in [3.8, 4) is 0 Å². The van der Waals surface area contributed by atoms with Crippen LogP contribution in [0.25, 0.3) is 0 Å². The molecule has 0 saturated heterocycles. The Morgan fingerprint density at radius 3 is 2.54 bits per heavy atom. The minimum Gasteiger partial charge on any atom is -0.385 e. The normalized spacial score (nSPS) is 21.7. The van der Waals surface area contributed by atoms with Crippen LogP contribution in [0.4, 0.5) is 0 Å². The van der Waals surface area contributed by atoms with Gasteiger partial charge in [0.2, 0.25) is 0 Å². The fraction of sp³-hybridized carbons (Fsp3) is 1.00. The van der Waals surface area contributed by atoms with Gasteiger partial charge in [-0.25, -0.2) is 0 Å². The number of rotatable bonds is 5. The quantitative estimate of drug-likeness (QED) is 0.709. The highest BCUT2D eigenvalue weighted by atomic mass is 16.5. The summed E-state index contributed by atoms with van der Waals surface area (Å²) in [6, 6.07) is 0.681. The van der Waals surface area contributed by atoms with Gasteiger partial charge in [0, 0.05) is 19.8 Å². The topological polar surface area (TPSA) is 21.3 Å². The van der Waals surface area contributed by atoms with Gasteiger partial charge in [0.15, 0.2) is 0 Å². The van der Waals surface area contributed by atoms with Crippen LogP contribution in [0.2, 0.25) is 0 Å². The molecule has 0 aromatic rings. The predicted octanol–water partition coefficient (Wildman–Crippen LogP) is 2.19. The van der Waals surface area contributed by atoms with Crippen LogP contribution in [-0.4, -0.2) is 26.8 Å². The monoisotopic (exact) mass is 185 g/mol. The number of nitrogens with one attached hydrogen (secondary N) is 1. The molecule has 0 radical (unpaired) electrons. The van der Waals surface area contributed by atoms with Crippen molar-refractivity contribution in [3.63, 3.8) is 0 Å². The second kappa shape index (κ2) is 6.39. The summed E-state index contributed by atoms with van der Waals surface area (Å²) in [6.07, 6.45) is 8.28. The molecule has 1 saturated carbocycles. The standard InChI is InChI=1S/C11H23NO/c1-12-11(8-9-13-2)10-6-4-3-5-7-10/h10-12H,3-9H2,1-2H3. The van der Waals surface area contributed by atoms with Crippen molar-refractivity contribution in [2.45, 2.75) is 44.6 Å². The first-order valence-corrected chi connectivity index (χ1v) is 5.54. The maximum atomic E-state index is 5.12. The molecule has 2 heteroatoms. The van der Waals surface area contributed by atoms with E-state index in [-0.39, 0.29) is 0 Å². The zero-order chi connectivity index (χ0) is 9.52. The summed E-state index contributed by atoms with van der Waals surface area (Å²) in [4.78, 5) is 0. The number of methoxy groups -OCH3 is 1. The van der Waals surface area contributed by atoms with Crippen LogP contribution in [0, 0.1) is 5.92 Å². The largest absolute Gasteiger partial charge is 0.385 e. The summed E-state index contributed by atoms with van der Waals surface area (Å²) in [6.45, 7) is 0.891. The summed E-state index contributed by atoms with van der Waals surface area (Å²) in [5.74, 6) is 0.897. The minimum absolute atomic E-state index is 0.681. The van der Waals surface area contributed by atoms with E-state index in [1.54, 1.807) is 7.11 Å².